The number of anilines is 2. The van der Waals surface area contributed by atoms with E-state index in [1.807, 2.05) is 22.7 Å². The van der Waals surface area contributed by atoms with E-state index in [9.17, 15) is 0 Å². The second-order valence-electron chi connectivity index (χ2n) is 9.27. The SMILES string of the molecule is Cc1cccc(N2CCN(c3c4c(nc5nc(-c6ccccc6)nn35)CCCC4)CC2)c1C. The van der Waals surface area contributed by atoms with Gasteiger partial charge >= 0.3 is 0 Å². The van der Waals surface area contributed by atoms with Crippen molar-refractivity contribution in [2.45, 2.75) is 39.5 Å². The molecule has 6 rings (SSSR count). The van der Waals surface area contributed by atoms with Gasteiger partial charge in [-0.15, -0.1) is 5.10 Å². The van der Waals surface area contributed by atoms with Gasteiger partial charge in [-0.3, -0.25) is 0 Å². The second kappa shape index (κ2) is 8.18. The van der Waals surface area contributed by atoms with Gasteiger partial charge in [0.2, 0.25) is 0 Å². The molecule has 6 nitrogen and oxygen atoms in total. The molecular formula is C27H30N6. The number of benzene rings is 2. The Bertz CT molecular complexity index is 1300. The largest absolute Gasteiger partial charge is 0.368 e. The third-order valence-electron chi connectivity index (χ3n) is 7.26. The molecule has 0 unspecified atom stereocenters. The number of aryl methyl sites for hydroxylation is 2. The maximum Gasteiger partial charge on any atom is 0.254 e. The van der Waals surface area contributed by atoms with Crippen LogP contribution in [0.3, 0.4) is 0 Å². The molecule has 33 heavy (non-hydrogen) atoms. The number of hydrogen-bond acceptors (Lipinski definition) is 5. The summed E-state index contributed by atoms with van der Waals surface area (Å²) in [4.78, 5) is 14.8. The normalized spacial score (nSPS) is 16.3. The molecule has 0 amide bonds. The summed E-state index contributed by atoms with van der Waals surface area (Å²) in [5.41, 5.74) is 7.73. The molecule has 3 heterocycles. The van der Waals surface area contributed by atoms with Crippen LogP contribution in [-0.4, -0.2) is 45.8 Å². The quantitative estimate of drug-likeness (QED) is 0.467. The molecule has 0 atom stereocenters. The highest BCUT2D eigenvalue weighted by Crippen LogP contribution is 2.32. The van der Waals surface area contributed by atoms with E-state index in [2.05, 4.69) is 54.0 Å². The fourth-order valence-electron chi connectivity index (χ4n) is 5.29. The molecule has 2 aromatic carbocycles. The van der Waals surface area contributed by atoms with Gasteiger partial charge in [0.15, 0.2) is 5.82 Å². The van der Waals surface area contributed by atoms with Gasteiger partial charge in [-0.05, 0) is 56.7 Å². The van der Waals surface area contributed by atoms with Crippen LogP contribution in [0, 0.1) is 13.8 Å². The van der Waals surface area contributed by atoms with Gasteiger partial charge in [0.1, 0.15) is 5.82 Å². The van der Waals surface area contributed by atoms with Gasteiger partial charge in [-0.2, -0.15) is 9.50 Å². The summed E-state index contributed by atoms with van der Waals surface area (Å²) in [7, 11) is 0. The Balaban J connectivity index is 1.38. The molecule has 0 N–H and O–H groups in total. The summed E-state index contributed by atoms with van der Waals surface area (Å²) in [6.07, 6.45) is 4.53. The number of fused-ring (bicyclic) bond motifs is 2. The van der Waals surface area contributed by atoms with E-state index in [0.717, 1.165) is 56.2 Å². The molecule has 2 aromatic heterocycles. The summed E-state index contributed by atoms with van der Waals surface area (Å²) >= 11 is 0. The average molecular weight is 439 g/mol. The molecule has 0 bridgehead atoms. The van der Waals surface area contributed by atoms with E-state index < -0.39 is 0 Å². The first-order valence-corrected chi connectivity index (χ1v) is 12.1. The highest BCUT2D eigenvalue weighted by molar-refractivity contribution is 5.63. The first-order chi connectivity index (χ1) is 16.2. The molecule has 1 saturated heterocycles. The highest BCUT2D eigenvalue weighted by Gasteiger charge is 2.27. The molecule has 1 fully saturated rings. The summed E-state index contributed by atoms with van der Waals surface area (Å²) in [6.45, 7) is 8.38. The fourth-order valence-corrected chi connectivity index (χ4v) is 5.29. The lowest BCUT2D eigenvalue weighted by Crippen LogP contribution is -2.48. The van der Waals surface area contributed by atoms with Gasteiger partial charge in [0.25, 0.3) is 5.78 Å². The highest BCUT2D eigenvalue weighted by atomic mass is 15.4. The van der Waals surface area contributed by atoms with Gasteiger partial charge in [0, 0.05) is 43.0 Å². The smallest absolute Gasteiger partial charge is 0.254 e. The molecule has 0 radical (unpaired) electrons. The molecule has 1 aliphatic heterocycles. The molecule has 168 valence electrons. The van der Waals surface area contributed by atoms with E-state index in [4.69, 9.17) is 15.1 Å². The number of nitrogens with zero attached hydrogens (tertiary/aromatic N) is 6. The minimum atomic E-state index is 0.724. The lowest BCUT2D eigenvalue weighted by molar-refractivity contribution is 0.614. The minimum Gasteiger partial charge on any atom is -0.368 e. The summed E-state index contributed by atoms with van der Waals surface area (Å²) in [5.74, 6) is 2.69. The molecule has 2 aliphatic rings. The van der Waals surface area contributed by atoms with E-state index in [-0.39, 0.29) is 0 Å². The second-order valence-corrected chi connectivity index (χ2v) is 9.27. The van der Waals surface area contributed by atoms with Crippen LogP contribution in [0.4, 0.5) is 11.5 Å². The standard InChI is InChI=1S/C27H30N6/c1-19-9-8-14-24(20(19)2)31-15-17-32(18-16-31)26-22-12-6-7-13-23(22)28-27-29-25(30-33(26)27)21-10-4-3-5-11-21/h3-5,8-11,14H,6-7,12-13,15-18H2,1-2H3. The summed E-state index contributed by atoms with van der Waals surface area (Å²) in [5, 5.41) is 4.96. The number of aromatic nitrogens is 4. The number of hydrogen-bond donors (Lipinski definition) is 0. The third kappa shape index (κ3) is 3.54. The Hall–Kier alpha value is -3.41. The molecule has 6 heteroatoms. The van der Waals surface area contributed by atoms with Gasteiger partial charge < -0.3 is 9.80 Å². The zero-order valence-corrected chi connectivity index (χ0v) is 19.5. The number of rotatable bonds is 3. The van der Waals surface area contributed by atoms with Crippen molar-refractivity contribution in [1.29, 1.82) is 0 Å². The summed E-state index contributed by atoms with van der Waals surface area (Å²) in [6, 6.07) is 16.9. The van der Waals surface area contributed by atoms with Crippen molar-refractivity contribution < 1.29 is 0 Å². The third-order valence-corrected chi connectivity index (χ3v) is 7.26. The van der Waals surface area contributed by atoms with E-state index in [1.165, 1.54) is 46.7 Å². The zero-order valence-electron chi connectivity index (χ0n) is 19.5. The topological polar surface area (TPSA) is 49.6 Å². The predicted octanol–water partition coefficient (Wildman–Crippen LogP) is 4.61. The molecular weight excluding hydrogens is 408 g/mol. The maximum absolute atomic E-state index is 4.96. The van der Waals surface area contributed by atoms with Crippen molar-refractivity contribution in [3.8, 4) is 11.4 Å². The van der Waals surface area contributed by atoms with E-state index in [1.54, 1.807) is 0 Å². The first-order valence-electron chi connectivity index (χ1n) is 12.1. The Morgan fingerprint density at radius 2 is 1.52 bits per heavy atom. The van der Waals surface area contributed by atoms with Crippen molar-refractivity contribution in [3.63, 3.8) is 0 Å². The summed E-state index contributed by atoms with van der Waals surface area (Å²) < 4.78 is 2.01. The van der Waals surface area contributed by atoms with Gasteiger partial charge in [0.05, 0.1) is 5.69 Å². The monoisotopic (exact) mass is 438 g/mol. The van der Waals surface area contributed by atoms with Gasteiger partial charge in [-0.1, -0.05) is 42.5 Å². The van der Waals surface area contributed by atoms with Crippen LogP contribution in [-0.2, 0) is 12.8 Å². The van der Waals surface area contributed by atoms with E-state index >= 15 is 0 Å². The fraction of sp³-hybridized carbons (Fsp3) is 0.370. The molecule has 4 aromatic rings. The van der Waals surface area contributed by atoms with Crippen LogP contribution in [0.25, 0.3) is 17.2 Å². The first kappa shape index (κ1) is 20.2. The van der Waals surface area contributed by atoms with E-state index in [0.29, 0.717) is 0 Å². The Kier molecular flexibility index (Phi) is 5.01. The van der Waals surface area contributed by atoms with Crippen molar-refractivity contribution in [3.05, 3.63) is 70.9 Å². The van der Waals surface area contributed by atoms with Crippen molar-refractivity contribution in [2.24, 2.45) is 0 Å². The predicted molar refractivity (Wildman–Crippen MR) is 133 cm³/mol. The van der Waals surface area contributed by atoms with Crippen LogP contribution in [0.15, 0.2) is 48.5 Å². The van der Waals surface area contributed by atoms with Crippen LogP contribution in [0.1, 0.15) is 35.2 Å². The van der Waals surface area contributed by atoms with Crippen molar-refractivity contribution in [1.82, 2.24) is 19.6 Å². The Labute approximate surface area is 194 Å². The zero-order chi connectivity index (χ0) is 22.4. The van der Waals surface area contributed by atoms with Crippen molar-refractivity contribution >= 4 is 17.3 Å². The Morgan fingerprint density at radius 3 is 2.33 bits per heavy atom. The molecule has 1 aliphatic carbocycles. The average Bonchev–Trinajstić information content (AvgIpc) is 3.29. The van der Waals surface area contributed by atoms with Crippen LogP contribution in [0.2, 0.25) is 0 Å². The van der Waals surface area contributed by atoms with Crippen LogP contribution in [0.5, 0.6) is 0 Å². The lowest BCUT2D eigenvalue weighted by atomic mass is 9.96. The molecule has 0 spiro atoms. The van der Waals surface area contributed by atoms with Crippen LogP contribution >= 0.6 is 0 Å². The van der Waals surface area contributed by atoms with Gasteiger partial charge in [-0.25, -0.2) is 4.98 Å². The minimum absolute atomic E-state index is 0.724. The van der Waals surface area contributed by atoms with Crippen LogP contribution < -0.4 is 9.80 Å². The molecule has 0 saturated carbocycles. The van der Waals surface area contributed by atoms with Crippen molar-refractivity contribution in [2.75, 3.05) is 36.0 Å². The number of piperazine rings is 1. The maximum atomic E-state index is 4.96. The Morgan fingerprint density at radius 1 is 0.758 bits per heavy atom. The lowest BCUT2D eigenvalue weighted by Gasteiger charge is -2.39.